The molecule has 1 aromatic rings. The Bertz CT molecular complexity index is 809. The molecule has 1 aromatic heterocycles. The van der Waals surface area contributed by atoms with Crippen LogP contribution in [0.1, 0.15) is 70.6 Å². The highest BCUT2D eigenvalue weighted by atomic mass is 32.2. The van der Waals surface area contributed by atoms with Crippen molar-refractivity contribution in [2.24, 2.45) is 0 Å². The van der Waals surface area contributed by atoms with Gasteiger partial charge in [0, 0.05) is 12.1 Å². The number of methoxy groups -OCH3 is 1. The molecule has 2 saturated carbocycles. The van der Waals surface area contributed by atoms with Crippen LogP contribution in [0.4, 0.5) is 9.93 Å². The van der Waals surface area contributed by atoms with Gasteiger partial charge in [0.15, 0.2) is 15.0 Å². The number of hydrogen-bond acceptors (Lipinski definition) is 7. The minimum atomic E-state index is -3.65. The summed E-state index contributed by atoms with van der Waals surface area (Å²) in [5.74, 6) is -0.918. The minimum absolute atomic E-state index is 0.0450. The van der Waals surface area contributed by atoms with Crippen LogP contribution in [-0.2, 0) is 19.4 Å². The van der Waals surface area contributed by atoms with Gasteiger partial charge in [0.25, 0.3) is 0 Å². The Kier molecular flexibility index (Phi) is 8.10. The molecule has 0 aromatic carbocycles. The van der Waals surface area contributed by atoms with Crippen LogP contribution >= 0.6 is 11.3 Å². The SMILES string of the molecule is COC(=O)CCS(=O)(=O)c1cnc(NC(=O)N(C2CCCCC2)C2CCCCC2)s1. The van der Waals surface area contributed by atoms with Gasteiger partial charge in [0.05, 0.1) is 25.5 Å². The van der Waals surface area contributed by atoms with Crippen LogP contribution in [0, 0.1) is 0 Å². The van der Waals surface area contributed by atoms with E-state index in [1.807, 2.05) is 4.90 Å². The highest BCUT2D eigenvalue weighted by molar-refractivity contribution is 7.93. The molecule has 30 heavy (non-hydrogen) atoms. The van der Waals surface area contributed by atoms with Crippen molar-refractivity contribution in [2.45, 2.75) is 86.9 Å². The van der Waals surface area contributed by atoms with Crippen molar-refractivity contribution in [1.29, 1.82) is 0 Å². The lowest BCUT2D eigenvalue weighted by Gasteiger charge is -2.41. The first-order chi connectivity index (χ1) is 14.4. The molecule has 0 aliphatic heterocycles. The molecule has 0 radical (unpaired) electrons. The van der Waals surface area contributed by atoms with Crippen molar-refractivity contribution < 1.29 is 22.7 Å². The first-order valence-electron chi connectivity index (χ1n) is 10.8. The van der Waals surface area contributed by atoms with E-state index in [4.69, 9.17) is 0 Å². The second-order valence-corrected chi connectivity index (χ2v) is 11.4. The molecular formula is C20H31N3O5S2. The maximum Gasteiger partial charge on any atom is 0.324 e. The number of nitrogens with zero attached hydrogens (tertiary/aromatic N) is 2. The van der Waals surface area contributed by atoms with Gasteiger partial charge in [-0.2, -0.15) is 0 Å². The standard InChI is InChI=1S/C20H31N3O5S2/c1-28-17(24)12-13-30(26,27)18-14-21-19(29-18)22-20(25)23(15-8-4-2-5-9-15)16-10-6-3-7-11-16/h14-16H,2-13H2,1H3,(H,21,22,25). The molecule has 0 spiro atoms. The monoisotopic (exact) mass is 457 g/mol. The molecule has 2 amide bonds. The highest BCUT2D eigenvalue weighted by Crippen LogP contribution is 2.31. The van der Waals surface area contributed by atoms with E-state index >= 15 is 0 Å². The summed E-state index contributed by atoms with van der Waals surface area (Å²) < 4.78 is 29.4. The molecule has 2 aliphatic rings. The number of sulfone groups is 1. The number of carbonyl (C=O) groups is 2. The van der Waals surface area contributed by atoms with Crippen molar-refractivity contribution in [3.63, 3.8) is 0 Å². The summed E-state index contributed by atoms with van der Waals surface area (Å²) in [4.78, 5) is 30.6. The smallest absolute Gasteiger partial charge is 0.324 e. The molecule has 168 valence electrons. The Morgan fingerprint density at radius 1 is 1.10 bits per heavy atom. The maximum absolute atomic E-state index is 13.2. The Balaban J connectivity index is 1.69. The summed E-state index contributed by atoms with van der Waals surface area (Å²) in [6, 6.07) is 0.303. The van der Waals surface area contributed by atoms with E-state index in [9.17, 15) is 18.0 Å². The van der Waals surface area contributed by atoms with Crippen LogP contribution < -0.4 is 5.32 Å². The Labute approximate surface area is 182 Å². The lowest BCUT2D eigenvalue weighted by molar-refractivity contribution is -0.140. The number of urea groups is 1. The molecule has 0 bridgehead atoms. The second-order valence-electron chi connectivity index (χ2n) is 8.05. The summed E-state index contributed by atoms with van der Waals surface area (Å²) in [6.45, 7) is 0. The van der Waals surface area contributed by atoms with E-state index in [2.05, 4.69) is 15.0 Å². The molecule has 3 rings (SSSR count). The lowest BCUT2D eigenvalue weighted by atomic mass is 9.89. The van der Waals surface area contributed by atoms with Crippen LogP contribution in [0.25, 0.3) is 0 Å². The van der Waals surface area contributed by atoms with Crippen molar-refractivity contribution in [3.8, 4) is 0 Å². The molecule has 0 saturated heterocycles. The van der Waals surface area contributed by atoms with Gasteiger partial charge in [0.2, 0.25) is 0 Å². The van der Waals surface area contributed by atoms with Crippen molar-refractivity contribution >= 4 is 38.3 Å². The summed E-state index contributed by atoms with van der Waals surface area (Å²) >= 11 is 0.928. The number of aromatic nitrogens is 1. The quantitative estimate of drug-likeness (QED) is 0.621. The minimum Gasteiger partial charge on any atom is -0.469 e. The molecule has 1 N–H and O–H groups in total. The lowest BCUT2D eigenvalue weighted by Crippen LogP contribution is -2.50. The summed E-state index contributed by atoms with van der Waals surface area (Å²) in [5, 5.41) is 3.12. The third kappa shape index (κ3) is 5.94. The number of carbonyl (C=O) groups excluding carboxylic acids is 2. The van der Waals surface area contributed by atoms with Crippen molar-refractivity contribution in [1.82, 2.24) is 9.88 Å². The fraction of sp³-hybridized carbons (Fsp3) is 0.750. The van der Waals surface area contributed by atoms with E-state index < -0.39 is 15.8 Å². The van der Waals surface area contributed by atoms with E-state index in [0.29, 0.717) is 0 Å². The summed E-state index contributed by atoms with van der Waals surface area (Å²) in [7, 11) is -2.43. The van der Waals surface area contributed by atoms with Crippen LogP contribution in [0.15, 0.2) is 10.4 Å². The number of amides is 2. The average Bonchev–Trinajstić information content (AvgIpc) is 3.23. The number of rotatable bonds is 7. The number of nitrogens with one attached hydrogen (secondary N) is 1. The largest absolute Gasteiger partial charge is 0.469 e. The van der Waals surface area contributed by atoms with Gasteiger partial charge in [-0.05, 0) is 25.7 Å². The van der Waals surface area contributed by atoms with E-state index in [1.54, 1.807) is 0 Å². The molecule has 8 nitrogen and oxygen atoms in total. The van der Waals surface area contributed by atoms with Gasteiger partial charge in [0.1, 0.15) is 4.21 Å². The fourth-order valence-corrected chi connectivity index (χ4v) is 6.77. The van der Waals surface area contributed by atoms with Crippen molar-refractivity contribution in [2.75, 3.05) is 18.2 Å². The average molecular weight is 458 g/mol. The van der Waals surface area contributed by atoms with E-state index in [-0.39, 0.29) is 39.6 Å². The number of esters is 1. The summed E-state index contributed by atoms with van der Waals surface area (Å²) in [6.07, 6.45) is 12.1. The topological polar surface area (TPSA) is 106 Å². The number of ether oxygens (including phenoxy) is 1. The zero-order chi connectivity index (χ0) is 21.6. The second kappa shape index (κ2) is 10.6. The van der Waals surface area contributed by atoms with Crippen LogP contribution in [0.3, 0.4) is 0 Å². The third-order valence-corrected chi connectivity index (χ3v) is 9.16. The van der Waals surface area contributed by atoms with E-state index in [0.717, 1.165) is 62.7 Å². The van der Waals surface area contributed by atoms with Gasteiger partial charge in [-0.1, -0.05) is 49.9 Å². The number of hydrogen-bond donors (Lipinski definition) is 1. The number of anilines is 1. The normalized spacial score (nSPS) is 18.7. The van der Waals surface area contributed by atoms with Crippen molar-refractivity contribution in [3.05, 3.63) is 6.20 Å². The molecule has 2 fully saturated rings. The fourth-order valence-electron chi connectivity index (χ4n) is 4.39. The van der Waals surface area contributed by atoms with Gasteiger partial charge in [-0.15, -0.1) is 0 Å². The molecule has 2 aliphatic carbocycles. The predicted molar refractivity (Wildman–Crippen MR) is 115 cm³/mol. The molecule has 0 atom stereocenters. The zero-order valence-corrected chi connectivity index (χ0v) is 19.1. The Hall–Kier alpha value is -1.68. The van der Waals surface area contributed by atoms with Crippen LogP contribution in [0.5, 0.6) is 0 Å². The predicted octanol–water partition coefficient (Wildman–Crippen LogP) is 3.98. The first-order valence-corrected chi connectivity index (χ1v) is 13.2. The maximum atomic E-state index is 13.2. The molecule has 1 heterocycles. The van der Waals surface area contributed by atoms with Gasteiger partial charge < -0.3 is 9.64 Å². The zero-order valence-electron chi connectivity index (χ0n) is 17.5. The van der Waals surface area contributed by atoms with Gasteiger partial charge >= 0.3 is 12.0 Å². The highest BCUT2D eigenvalue weighted by Gasteiger charge is 2.33. The van der Waals surface area contributed by atoms with E-state index in [1.165, 1.54) is 26.1 Å². The number of thiazole rings is 1. The Morgan fingerprint density at radius 2 is 1.67 bits per heavy atom. The third-order valence-electron chi connectivity index (χ3n) is 5.98. The van der Waals surface area contributed by atoms with Crippen LogP contribution in [-0.4, -0.2) is 55.2 Å². The molecule has 0 unspecified atom stereocenters. The molecule has 10 heteroatoms. The Morgan fingerprint density at radius 3 is 2.20 bits per heavy atom. The molecular weight excluding hydrogens is 426 g/mol. The van der Waals surface area contributed by atoms with Gasteiger partial charge in [-0.3, -0.25) is 10.1 Å². The summed E-state index contributed by atoms with van der Waals surface area (Å²) in [5.41, 5.74) is 0. The van der Waals surface area contributed by atoms with Gasteiger partial charge in [-0.25, -0.2) is 18.2 Å². The van der Waals surface area contributed by atoms with Crippen LogP contribution in [0.2, 0.25) is 0 Å². The first kappa shape index (κ1) is 23.0.